The van der Waals surface area contributed by atoms with E-state index in [4.69, 9.17) is 0 Å². The molecule has 4 rings (SSSR count). The summed E-state index contributed by atoms with van der Waals surface area (Å²) in [5, 5.41) is 4.06. The molecule has 2 atom stereocenters. The van der Waals surface area contributed by atoms with Gasteiger partial charge in [0.1, 0.15) is 0 Å². The summed E-state index contributed by atoms with van der Waals surface area (Å²) in [5.74, 6) is 0.0650. The molecule has 1 aromatic heterocycles. The molecule has 1 saturated heterocycles. The van der Waals surface area contributed by atoms with Crippen molar-refractivity contribution < 1.29 is 14.4 Å². The number of para-hydroxylation sites is 1. The van der Waals surface area contributed by atoms with Gasteiger partial charge in [-0.3, -0.25) is 19.3 Å². The van der Waals surface area contributed by atoms with Gasteiger partial charge in [-0.25, -0.2) is 0 Å². The van der Waals surface area contributed by atoms with Crippen molar-refractivity contribution in [2.75, 3.05) is 5.75 Å². The molecule has 0 spiro atoms. The van der Waals surface area contributed by atoms with Crippen molar-refractivity contribution in [1.82, 2.24) is 15.2 Å². The minimum Gasteiger partial charge on any atom is -0.361 e. The molecular formula is C20H23N3O3S. The Hall–Kier alpha value is -2.28. The maximum Gasteiger partial charge on any atom is 0.289 e. The van der Waals surface area contributed by atoms with Crippen LogP contribution in [-0.2, 0) is 16.0 Å². The number of carbonyl (C=O) groups is 3. The Morgan fingerprint density at radius 2 is 2.04 bits per heavy atom. The van der Waals surface area contributed by atoms with Crippen LogP contribution in [0.15, 0.2) is 30.5 Å². The highest BCUT2D eigenvalue weighted by atomic mass is 32.2. The van der Waals surface area contributed by atoms with E-state index < -0.39 is 0 Å². The Labute approximate surface area is 162 Å². The van der Waals surface area contributed by atoms with Crippen molar-refractivity contribution in [3.8, 4) is 0 Å². The van der Waals surface area contributed by atoms with Gasteiger partial charge in [0.2, 0.25) is 11.8 Å². The first-order valence-corrected chi connectivity index (χ1v) is 10.5. The topological polar surface area (TPSA) is 82.3 Å². The Bertz CT molecular complexity index is 862. The minimum atomic E-state index is -0.203. The third-order valence-corrected chi connectivity index (χ3v) is 6.32. The average molecular weight is 385 g/mol. The summed E-state index contributed by atoms with van der Waals surface area (Å²) in [6.45, 7) is 0. The third kappa shape index (κ3) is 3.74. The summed E-state index contributed by atoms with van der Waals surface area (Å²) in [5.41, 5.74) is 2.20. The van der Waals surface area contributed by atoms with Crippen LogP contribution < -0.4 is 5.32 Å². The van der Waals surface area contributed by atoms with E-state index in [0.717, 1.165) is 53.9 Å². The molecule has 1 saturated carbocycles. The fourth-order valence-electron chi connectivity index (χ4n) is 4.14. The van der Waals surface area contributed by atoms with Crippen LogP contribution in [-0.4, -0.2) is 44.8 Å². The van der Waals surface area contributed by atoms with Crippen LogP contribution in [0.5, 0.6) is 0 Å². The zero-order valence-electron chi connectivity index (χ0n) is 15.1. The van der Waals surface area contributed by atoms with Crippen molar-refractivity contribution in [2.24, 2.45) is 0 Å². The van der Waals surface area contributed by atoms with Crippen LogP contribution in [0.25, 0.3) is 10.9 Å². The molecule has 27 heavy (non-hydrogen) atoms. The highest BCUT2D eigenvalue weighted by molar-refractivity contribution is 8.14. The predicted octanol–water partition coefficient (Wildman–Crippen LogP) is 3.22. The normalized spacial score (nSPS) is 23.2. The monoisotopic (exact) mass is 385 g/mol. The van der Waals surface area contributed by atoms with Crippen LogP contribution in [0.3, 0.4) is 0 Å². The van der Waals surface area contributed by atoms with Gasteiger partial charge in [-0.15, -0.1) is 0 Å². The molecule has 7 heteroatoms. The van der Waals surface area contributed by atoms with Gasteiger partial charge in [0.05, 0.1) is 11.8 Å². The van der Waals surface area contributed by atoms with E-state index in [9.17, 15) is 14.4 Å². The molecule has 3 amide bonds. The maximum absolute atomic E-state index is 12.6. The number of imide groups is 1. The lowest BCUT2D eigenvalue weighted by molar-refractivity contribution is -0.129. The average Bonchev–Trinajstić information content (AvgIpc) is 3.24. The highest BCUT2D eigenvalue weighted by Crippen LogP contribution is 2.30. The van der Waals surface area contributed by atoms with Crippen LogP contribution in [0.4, 0.5) is 4.79 Å². The number of thioether (sulfide) groups is 1. The third-order valence-electron chi connectivity index (χ3n) is 5.49. The van der Waals surface area contributed by atoms with Gasteiger partial charge in [0, 0.05) is 29.6 Å². The largest absolute Gasteiger partial charge is 0.361 e. The molecule has 6 nitrogen and oxygen atoms in total. The quantitative estimate of drug-likeness (QED) is 0.828. The number of amides is 3. The SMILES string of the molecule is O=C(CCc1c[nH]c2ccccc12)NC1CCCCC1N1C(=O)CSC1=O. The van der Waals surface area contributed by atoms with Gasteiger partial charge in [-0.1, -0.05) is 42.8 Å². The molecule has 2 N–H and O–H groups in total. The summed E-state index contributed by atoms with van der Waals surface area (Å²) < 4.78 is 0. The second-order valence-electron chi connectivity index (χ2n) is 7.20. The number of fused-ring (bicyclic) bond motifs is 1. The number of benzene rings is 1. The first-order chi connectivity index (χ1) is 13.1. The van der Waals surface area contributed by atoms with E-state index in [1.807, 2.05) is 24.4 Å². The van der Waals surface area contributed by atoms with Gasteiger partial charge in [0.25, 0.3) is 5.24 Å². The summed E-state index contributed by atoms with van der Waals surface area (Å²) in [7, 11) is 0. The van der Waals surface area contributed by atoms with Crippen LogP contribution in [0, 0.1) is 0 Å². The molecule has 1 aromatic carbocycles. The molecule has 1 aliphatic heterocycles. The lowest BCUT2D eigenvalue weighted by Gasteiger charge is -2.36. The number of aromatic amines is 1. The van der Waals surface area contributed by atoms with Crippen LogP contribution in [0.1, 0.15) is 37.7 Å². The Kier molecular flexibility index (Phi) is 5.20. The number of nitrogens with one attached hydrogen (secondary N) is 2. The number of hydrogen-bond donors (Lipinski definition) is 2. The second-order valence-corrected chi connectivity index (χ2v) is 8.13. The van der Waals surface area contributed by atoms with Crippen LogP contribution in [0.2, 0.25) is 0 Å². The zero-order valence-corrected chi connectivity index (χ0v) is 15.9. The van der Waals surface area contributed by atoms with Gasteiger partial charge in [-0.05, 0) is 30.9 Å². The molecule has 2 unspecified atom stereocenters. The fraction of sp³-hybridized carbons (Fsp3) is 0.450. The number of nitrogens with zero attached hydrogens (tertiary/aromatic N) is 1. The highest BCUT2D eigenvalue weighted by Gasteiger charge is 2.41. The number of H-pyrrole nitrogens is 1. The minimum absolute atomic E-state index is 0.0241. The summed E-state index contributed by atoms with van der Waals surface area (Å²) >= 11 is 1.06. The maximum atomic E-state index is 12.6. The molecule has 2 aliphatic rings. The zero-order chi connectivity index (χ0) is 18.8. The van der Waals surface area contributed by atoms with Crippen molar-refractivity contribution in [2.45, 2.75) is 50.6 Å². The number of hydrogen-bond acceptors (Lipinski definition) is 4. The first-order valence-electron chi connectivity index (χ1n) is 9.46. The smallest absolute Gasteiger partial charge is 0.289 e. The van der Waals surface area contributed by atoms with Crippen molar-refractivity contribution in [3.05, 3.63) is 36.0 Å². The molecule has 2 aromatic rings. The fourth-order valence-corrected chi connectivity index (χ4v) is 4.90. The van der Waals surface area contributed by atoms with Gasteiger partial charge in [0.15, 0.2) is 0 Å². The van der Waals surface area contributed by atoms with Gasteiger partial charge >= 0.3 is 0 Å². The Morgan fingerprint density at radius 1 is 1.22 bits per heavy atom. The van der Waals surface area contributed by atoms with E-state index >= 15 is 0 Å². The van der Waals surface area contributed by atoms with Crippen molar-refractivity contribution in [1.29, 1.82) is 0 Å². The number of rotatable bonds is 5. The number of carbonyl (C=O) groups excluding carboxylic acids is 3. The lowest BCUT2D eigenvalue weighted by atomic mass is 9.89. The molecule has 2 heterocycles. The summed E-state index contributed by atoms with van der Waals surface area (Å²) in [4.78, 5) is 41.3. The van der Waals surface area contributed by atoms with E-state index in [-0.39, 0.29) is 34.9 Å². The number of aryl methyl sites for hydroxylation is 1. The Balaban J connectivity index is 1.39. The van der Waals surface area contributed by atoms with E-state index in [2.05, 4.69) is 16.4 Å². The molecular weight excluding hydrogens is 362 g/mol. The van der Waals surface area contributed by atoms with Gasteiger partial charge in [-0.2, -0.15) is 0 Å². The Morgan fingerprint density at radius 3 is 2.85 bits per heavy atom. The second kappa shape index (κ2) is 7.76. The number of aromatic nitrogens is 1. The van der Waals surface area contributed by atoms with Crippen molar-refractivity contribution in [3.63, 3.8) is 0 Å². The van der Waals surface area contributed by atoms with E-state index in [1.165, 1.54) is 4.90 Å². The molecule has 1 aliphatic carbocycles. The predicted molar refractivity (Wildman–Crippen MR) is 106 cm³/mol. The van der Waals surface area contributed by atoms with E-state index in [1.54, 1.807) is 0 Å². The van der Waals surface area contributed by atoms with Crippen molar-refractivity contribution >= 4 is 39.7 Å². The molecule has 0 radical (unpaired) electrons. The molecule has 142 valence electrons. The summed E-state index contributed by atoms with van der Waals surface area (Å²) in [6.07, 6.45) is 6.57. The summed E-state index contributed by atoms with van der Waals surface area (Å²) in [6, 6.07) is 7.71. The lowest BCUT2D eigenvalue weighted by Crippen LogP contribution is -2.54. The van der Waals surface area contributed by atoms with E-state index in [0.29, 0.717) is 12.8 Å². The van der Waals surface area contributed by atoms with Crippen LogP contribution >= 0.6 is 11.8 Å². The standard InChI is InChI=1S/C20H23N3O3S/c24-18(10-9-13-11-21-15-6-2-1-5-14(13)15)22-16-7-3-4-8-17(16)23-19(25)12-27-20(23)26/h1-2,5-6,11,16-17,21H,3-4,7-10,12H2,(H,22,24). The molecule has 2 fully saturated rings. The first kappa shape index (κ1) is 18.1. The molecule has 0 bridgehead atoms. The van der Waals surface area contributed by atoms with Gasteiger partial charge < -0.3 is 10.3 Å².